The van der Waals surface area contributed by atoms with Crippen LogP contribution >= 0.6 is 0 Å². The van der Waals surface area contributed by atoms with Gasteiger partial charge in [-0.25, -0.2) is 4.98 Å². The Bertz CT molecular complexity index is 528. The van der Waals surface area contributed by atoms with Gasteiger partial charge in [-0.05, 0) is 37.5 Å². The van der Waals surface area contributed by atoms with Crippen molar-refractivity contribution in [3.63, 3.8) is 0 Å². The summed E-state index contributed by atoms with van der Waals surface area (Å²) in [5, 5.41) is 6.96. The molecule has 2 aromatic rings. The van der Waals surface area contributed by atoms with Crippen LogP contribution in [-0.4, -0.2) is 29.1 Å². The highest BCUT2D eigenvalue weighted by Crippen LogP contribution is 2.17. The second-order valence-electron chi connectivity index (χ2n) is 5.08. The molecule has 4 heteroatoms. The number of nitrogens with one attached hydrogen (secondary N) is 3. The summed E-state index contributed by atoms with van der Waals surface area (Å²) in [5.41, 5.74) is 3.48. The summed E-state index contributed by atoms with van der Waals surface area (Å²) in [6.45, 7) is 4.99. The fraction of sp³-hybridized carbons (Fsp3) is 0.500. The van der Waals surface area contributed by atoms with Gasteiger partial charge in [0.25, 0.3) is 0 Å². The predicted octanol–water partition coefficient (Wildman–Crippen LogP) is 1.71. The number of benzene rings is 1. The Morgan fingerprint density at radius 2 is 2.22 bits per heavy atom. The van der Waals surface area contributed by atoms with E-state index in [1.54, 1.807) is 0 Å². The number of rotatable bonds is 6. The smallest absolute Gasteiger partial charge is 0.104 e. The van der Waals surface area contributed by atoms with Crippen molar-refractivity contribution in [1.29, 1.82) is 0 Å². The average Bonchev–Trinajstić information content (AvgIpc) is 3.09. The molecule has 0 atom stereocenters. The van der Waals surface area contributed by atoms with Gasteiger partial charge in [0.2, 0.25) is 0 Å². The fourth-order valence-corrected chi connectivity index (χ4v) is 2.18. The molecule has 0 spiro atoms. The summed E-state index contributed by atoms with van der Waals surface area (Å²) in [7, 11) is 0. The van der Waals surface area contributed by atoms with E-state index < -0.39 is 0 Å². The SMILES string of the molecule is Cc1nc2ccc(CNCCNC3CC3)cc2[nH]1. The summed E-state index contributed by atoms with van der Waals surface area (Å²) >= 11 is 0. The zero-order valence-corrected chi connectivity index (χ0v) is 10.8. The van der Waals surface area contributed by atoms with E-state index in [0.29, 0.717) is 0 Å². The van der Waals surface area contributed by atoms with Crippen molar-refractivity contribution >= 4 is 11.0 Å². The first kappa shape index (κ1) is 11.7. The first-order valence-corrected chi connectivity index (χ1v) is 6.70. The van der Waals surface area contributed by atoms with Crippen molar-refractivity contribution in [1.82, 2.24) is 20.6 Å². The molecule has 4 nitrogen and oxygen atoms in total. The van der Waals surface area contributed by atoms with Gasteiger partial charge in [0.05, 0.1) is 11.0 Å². The third-order valence-corrected chi connectivity index (χ3v) is 3.31. The average molecular weight is 244 g/mol. The highest BCUT2D eigenvalue weighted by Gasteiger charge is 2.19. The van der Waals surface area contributed by atoms with Crippen LogP contribution in [0.15, 0.2) is 18.2 Å². The van der Waals surface area contributed by atoms with Crippen LogP contribution in [0, 0.1) is 6.92 Å². The quantitative estimate of drug-likeness (QED) is 0.678. The number of imidazole rings is 1. The molecule has 0 radical (unpaired) electrons. The van der Waals surface area contributed by atoms with Crippen LogP contribution in [0.3, 0.4) is 0 Å². The Labute approximate surface area is 107 Å². The van der Waals surface area contributed by atoms with Crippen LogP contribution in [0.2, 0.25) is 0 Å². The first-order chi connectivity index (χ1) is 8.81. The van der Waals surface area contributed by atoms with E-state index in [0.717, 1.165) is 42.5 Å². The second kappa shape index (κ2) is 5.08. The lowest BCUT2D eigenvalue weighted by Crippen LogP contribution is -2.28. The molecule has 0 amide bonds. The Hall–Kier alpha value is -1.39. The van der Waals surface area contributed by atoms with E-state index in [9.17, 15) is 0 Å². The van der Waals surface area contributed by atoms with Gasteiger partial charge in [-0.15, -0.1) is 0 Å². The highest BCUT2D eigenvalue weighted by atomic mass is 15.0. The van der Waals surface area contributed by atoms with Crippen LogP contribution in [0.4, 0.5) is 0 Å². The molecule has 1 aromatic carbocycles. The van der Waals surface area contributed by atoms with E-state index in [2.05, 4.69) is 38.8 Å². The Kier molecular flexibility index (Phi) is 3.30. The summed E-state index contributed by atoms with van der Waals surface area (Å²) in [5.74, 6) is 0.976. The maximum Gasteiger partial charge on any atom is 0.104 e. The fourth-order valence-electron chi connectivity index (χ4n) is 2.18. The molecule has 18 heavy (non-hydrogen) atoms. The molecular formula is C14H20N4. The van der Waals surface area contributed by atoms with Gasteiger partial charge in [-0.1, -0.05) is 6.07 Å². The van der Waals surface area contributed by atoms with Crippen molar-refractivity contribution in [3.8, 4) is 0 Å². The van der Waals surface area contributed by atoms with Gasteiger partial charge in [-0.2, -0.15) is 0 Å². The summed E-state index contributed by atoms with van der Waals surface area (Å²) < 4.78 is 0. The number of hydrogen-bond donors (Lipinski definition) is 3. The van der Waals surface area contributed by atoms with E-state index >= 15 is 0 Å². The maximum absolute atomic E-state index is 4.40. The highest BCUT2D eigenvalue weighted by molar-refractivity contribution is 5.75. The van der Waals surface area contributed by atoms with Gasteiger partial charge in [0.15, 0.2) is 0 Å². The summed E-state index contributed by atoms with van der Waals surface area (Å²) in [4.78, 5) is 7.68. The van der Waals surface area contributed by atoms with Crippen LogP contribution in [0.25, 0.3) is 11.0 Å². The molecule has 96 valence electrons. The van der Waals surface area contributed by atoms with E-state index in [-0.39, 0.29) is 0 Å². The number of aromatic amines is 1. The van der Waals surface area contributed by atoms with Crippen molar-refractivity contribution in [2.45, 2.75) is 32.4 Å². The van der Waals surface area contributed by atoms with E-state index in [1.807, 2.05) is 6.92 Å². The Balaban J connectivity index is 1.50. The lowest BCUT2D eigenvalue weighted by Gasteiger charge is -2.05. The van der Waals surface area contributed by atoms with Gasteiger partial charge in [-0.3, -0.25) is 0 Å². The van der Waals surface area contributed by atoms with Crippen LogP contribution in [0.1, 0.15) is 24.2 Å². The third kappa shape index (κ3) is 2.89. The van der Waals surface area contributed by atoms with Crippen molar-refractivity contribution in [2.75, 3.05) is 13.1 Å². The third-order valence-electron chi connectivity index (χ3n) is 3.31. The predicted molar refractivity (Wildman–Crippen MR) is 73.6 cm³/mol. The molecule has 3 N–H and O–H groups in total. The number of aromatic nitrogens is 2. The molecule has 0 saturated heterocycles. The molecule has 1 aliphatic carbocycles. The minimum absolute atomic E-state index is 0.802. The zero-order valence-electron chi connectivity index (χ0n) is 10.8. The van der Waals surface area contributed by atoms with E-state index in [1.165, 1.54) is 18.4 Å². The molecule has 1 fully saturated rings. The molecule has 3 rings (SSSR count). The van der Waals surface area contributed by atoms with Gasteiger partial charge in [0, 0.05) is 25.7 Å². The van der Waals surface area contributed by atoms with Crippen LogP contribution in [-0.2, 0) is 6.54 Å². The molecule has 0 aliphatic heterocycles. The standard InChI is InChI=1S/C14H20N4/c1-10-17-13-5-2-11(8-14(13)18-10)9-15-6-7-16-12-3-4-12/h2,5,8,12,15-16H,3-4,6-7,9H2,1H3,(H,17,18). The first-order valence-electron chi connectivity index (χ1n) is 6.70. The van der Waals surface area contributed by atoms with Crippen molar-refractivity contribution < 1.29 is 0 Å². The number of hydrogen-bond acceptors (Lipinski definition) is 3. The van der Waals surface area contributed by atoms with Crippen molar-refractivity contribution in [2.24, 2.45) is 0 Å². The maximum atomic E-state index is 4.40. The minimum atomic E-state index is 0.802. The second-order valence-corrected chi connectivity index (χ2v) is 5.08. The minimum Gasteiger partial charge on any atom is -0.342 e. The van der Waals surface area contributed by atoms with Gasteiger partial charge < -0.3 is 15.6 Å². The molecule has 0 unspecified atom stereocenters. The largest absolute Gasteiger partial charge is 0.342 e. The topological polar surface area (TPSA) is 52.7 Å². The summed E-state index contributed by atoms with van der Waals surface area (Å²) in [6, 6.07) is 7.20. The van der Waals surface area contributed by atoms with Crippen molar-refractivity contribution in [3.05, 3.63) is 29.6 Å². The lowest BCUT2D eigenvalue weighted by atomic mass is 10.2. The number of H-pyrrole nitrogens is 1. The number of aryl methyl sites for hydroxylation is 1. The number of fused-ring (bicyclic) bond motifs is 1. The lowest BCUT2D eigenvalue weighted by molar-refractivity contribution is 0.609. The van der Waals surface area contributed by atoms with Crippen LogP contribution in [0.5, 0.6) is 0 Å². The van der Waals surface area contributed by atoms with Gasteiger partial charge >= 0.3 is 0 Å². The van der Waals surface area contributed by atoms with E-state index in [4.69, 9.17) is 0 Å². The molecule has 1 saturated carbocycles. The Morgan fingerprint density at radius 1 is 1.33 bits per heavy atom. The normalized spacial score (nSPS) is 15.4. The molecule has 0 bridgehead atoms. The van der Waals surface area contributed by atoms with Gasteiger partial charge in [0.1, 0.15) is 5.82 Å². The molecule has 1 aliphatic rings. The molecular weight excluding hydrogens is 224 g/mol. The summed E-state index contributed by atoms with van der Waals surface area (Å²) in [6.07, 6.45) is 2.71. The van der Waals surface area contributed by atoms with Crippen LogP contribution < -0.4 is 10.6 Å². The molecule has 1 aromatic heterocycles. The molecule has 1 heterocycles. The zero-order chi connectivity index (χ0) is 12.4. The monoisotopic (exact) mass is 244 g/mol. The Morgan fingerprint density at radius 3 is 3.06 bits per heavy atom. The number of nitrogens with zero attached hydrogens (tertiary/aromatic N) is 1.